The minimum atomic E-state index is 0.762. The van der Waals surface area contributed by atoms with Crippen molar-refractivity contribution in [3.05, 3.63) is 41.0 Å². The zero-order valence-electron chi connectivity index (χ0n) is 9.10. The van der Waals surface area contributed by atoms with E-state index < -0.39 is 0 Å². The van der Waals surface area contributed by atoms with Gasteiger partial charge in [-0.3, -0.25) is 0 Å². The van der Waals surface area contributed by atoms with E-state index in [4.69, 9.17) is 7.49 Å². The summed E-state index contributed by atoms with van der Waals surface area (Å²) in [5, 5.41) is 2.97. The Morgan fingerprint density at radius 1 is 1.38 bits per heavy atom. The molecule has 0 bridgehead atoms. The topological polar surface area (TPSA) is 24.9 Å². The summed E-state index contributed by atoms with van der Waals surface area (Å²) in [6.07, 6.45) is 1.46. The summed E-state index contributed by atoms with van der Waals surface area (Å²) >= 11 is 1.67. The van der Waals surface area contributed by atoms with Gasteiger partial charge in [0.1, 0.15) is 0 Å². The Morgan fingerprint density at radius 2 is 2.12 bits per heavy atom. The van der Waals surface area contributed by atoms with Gasteiger partial charge in [0.25, 0.3) is 0 Å². The second kappa shape index (κ2) is 5.08. The van der Waals surface area contributed by atoms with Crippen LogP contribution in [0.5, 0.6) is 0 Å². The number of aryl methyl sites for hydroxylation is 1. The molecule has 16 heavy (non-hydrogen) atoms. The molecule has 2 nitrogen and oxygen atoms in total. The normalized spacial score (nSPS) is 10.0. The summed E-state index contributed by atoms with van der Waals surface area (Å²) in [5.41, 5.74) is 5.41. The molecule has 0 spiro atoms. The van der Waals surface area contributed by atoms with E-state index in [2.05, 4.69) is 34.6 Å². The fourth-order valence-electron chi connectivity index (χ4n) is 1.53. The average molecular weight is 227 g/mol. The molecule has 0 aliphatic heterocycles. The monoisotopic (exact) mass is 227 g/mol. The summed E-state index contributed by atoms with van der Waals surface area (Å²) in [7, 11) is 5.26. The van der Waals surface area contributed by atoms with Gasteiger partial charge >= 0.3 is 100 Å². The van der Waals surface area contributed by atoms with Crippen LogP contribution in [0.2, 0.25) is 0 Å². The average Bonchev–Trinajstić information content (AvgIpc) is 2.74. The van der Waals surface area contributed by atoms with Crippen LogP contribution in [0.1, 0.15) is 11.3 Å². The number of benzene rings is 1. The van der Waals surface area contributed by atoms with Crippen LogP contribution in [-0.2, 0) is 6.54 Å². The second-order valence-electron chi connectivity index (χ2n) is 3.51. The minimum absolute atomic E-state index is 0.762. The molecule has 0 atom stereocenters. The molecule has 1 N–H and O–H groups in total. The predicted molar refractivity (Wildman–Crippen MR) is 70.9 cm³/mol. The molecular formula is C12H12BN2S. The Hall–Kier alpha value is -1.42. The number of rotatable bonds is 4. The van der Waals surface area contributed by atoms with Crippen molar-refractivity contribution >= 4 is 24.9 Å². The molecule has 1 heterocycles. The Bertz CT molecular complexity index is 476. The van der Waals surface area contributed by atoms with Gasteiger partial charge in [-0.2, -0.15) is 0 Å². The van der Waals surface area contributed by atoms with Crippen LogP contribution < -0.4 is 5.32 Å². The van der Waals surface area contributed by atoms with Gasteiger partial charge in [-0.05, 0) is 0 Å². The van der Waals surface area contributed by atoms with E-state index in [1.807, 2.05) is 12.4 Å². The van der Waals surface area contributed by atoms with Crippen LogP contribution in [-0.4, -0.2) is 18.6 Å². The zero-order valence-corrected chi connectivity index (χ0v) is 9.92. The standard InChI is InChI=1S/C12H12BN2S/c1-9-12(16-8-15-9)11-4-2-10(3-5-11)6-14-7-13/h2-5,7-8,14H,6H2,1H3. The van der Waals surface area contributed by atoms with Crippen molar-refractivity contribution in [3.63, 3.8) is 0 Å². The summed E-state index contributed by atoms with van der Waals surface area (Å²) in [5.74, 6) is 0. The maximum absolute atomic E-state index is 5.26. The second-order valence-corrected chi connectivity index (χ2v) is 4.37. The molecule has 0 saturated heterocycles. The van der Waals surface area contributed by atoms with E-state index in [9.17, 15) is 0 Å². The number of nitrogens with one attached hydrogen (secondary N) is 1. The van der Waals surface area contributed by atoms with Crippen molar-refractivity contribution in [1.82, 2.24) is 10.3 Å². The molecule has 0 aliphatic carbocycles. The van der Waals surface area contributed by atoms with Crippen molar-refractivity contribution in [1.29, 1.82) is 0 Å². The van der Waals surface area contributed by atoms with Gasteiger partial charge in [0.2, 0.25) is 0 Å². The first kappa shape index (κ1) is 11.1. The van der Waals surface area contributed by atoms with Crippen LogP contribution in [0.3, 0.4) is 0 Å². The third-order valence-electron chi connectivity index (χ3n) is 2.39. The SMILES string of the molecule is [B]=CNCc1ccc(-c2scnc2C)cc1. The van der Waals surface area contributed by atoms with Crippen LogP contribution in [0.4, 0.5) is 0 Å². The molecule has 0 amide bonds. The molecule has 0 saturated carbocycles. The van der Waals surface area contributed by atoms with Gasteiger partial charge in [-0.25, -0.2) is 0 Å². The van der Waals surface area contributed by atoms with E-state index in [1.165, 1.54) is 22.1 Å². The fourth-order valence-corrected chi connectivity index (χ4v) is 2.34. The van der Waals surface area contributed by atoms with Crippen molar-refractivity contribution in [2.24, 2.45) is 0 Å². The molecule has 1 aromatic carbocycles. The molecule has 2 aromatic rings. The van der Waals surface area contributed by atoms with Crippen LogP contribution in [0, 0.1) is 6.92 Å². The molecule has 1 radical (unpaired) electrons. The number of hydrogen-bond donors (Lipinski definition) is 1. The molecule has 0 unspecified atom stereocenters. The number of thiazole rings is 1. The van der Waals surface area contributed by atoms with Gasteiger partial charge in [0.15, 0.2) is 0 Å². The molecular weight excluding hydrogens is 215 g/mol. The first-order chi connectivity index (χ1) is 7.81. The van der Waals surface area contributed by atoms with Gasteiger partial charge in [0.05, 0.1) is 0 Å². The van der Waals surface area contributed by atoms with Crippen LogP contribution in [0.15, 0.2) is 29.8 Å². The van der Waals surface area contributed by atoms with E-state index >= 15 is 0 Å². The van der Waals surface area contributed by atoms with Crippen molar-refractivity contribution in [3.8, 4) is 10.4 Å². The summed E-state index contributed by atoms with van der Waals surface area (Å²) in [6, 6.07) is 8.44. The molecule has 4 heteroatoms. The third-order valence-corrected chi connectivity index (χ3v) is 3.36. The van der Waals surface area contributed by atoms with E-state index in [1.54, 1.807) is 11.3 Å². The Morgan fingerprint density at radius 3 is 2.69 bits per heavy atom. The van der Waals surface area contributed by atoms with E-state index in [0.717, 1.165) is 12.2 Å². The van der Waals surface area contributed by atoms with Crippen LogP contribution in [0.25, 0.3) is 10.4 Å². The zero-order chi connectivity index (χ0) is 11.4. The Labute approximate surface area is 100 Å². The molecule has 0 fully saturated rings. The van der Waals surface area contributed by atoms with E-state index in [0.29, 0.717) is 0 Å². The third kappa shape index (κ3) is 2.39. The molecule has 2 rings (SSSR count). The first-order valence-electron chi connectivity index (χ1n) is 5.07. The van der Waals surface area contributed by atoms with Gasteiger partial charge < -0.3 is 0 Å². The summed E-state index contributed by atoms with van der Waals surface area (Å²) in [4.78, 5) is 5.49. The van der Waals surface area contributed by atoms with Gasteiger partial charge in [-0.15, -0.1) is 0 Å². The number of aromatic nitrogens is 1. The Balaban J connectivity index is 2.19. The van der Waals surface area contributed by atoms with Gasteiger partial charge in [-0.1, -0.05) is 0 Å². The van der Waals surface area contributed by atoms with Crippen molar-refractivity contribution in [2.45, 2.75) is 13.5 Å². The van der Waals surface area contributed by atoms with Crippen molar-refractivity contribution < 1.29 is 0 Å². The molecule has 1 aromatic heterocycles. The first-order valence-corrected chi connectivity index (χ1v) is 5.95. The fraction of sp³-hybridized carbons (Fsp3) is 0.167. The molecule has 0 aliphatic rings. The Kier molecular flexibility index (Phi) is 3.52. The van der Waals surface area contributed by atoms with Gasteiger partial charge in [0, 0.05) is 0 Å². The number of nitrogens with zero attached hydrogens (tertiary/aromatic N) is 1. The quantitative estimate of drug-likeness (QED) is 0.809. The number of hydrogen-bond acceptors (Lipinski definition) is 3. The maximum atomic E-state index is 5.26. The summed E-state index contributed by atoms with van der Waals surface area (Å²) < 4.78 is 0. The van der Waals surface area contributed by atoms with Crippen LogP contribution >= 0.6 is 11.3 Å². The summed E-state index contributed by atoms with van der Waals surface area (Å²) in [6.45, 7) is 2.79. The van der Waals surface area contributed by atoms with Crippen molar-refractivity contribution in [2.75, 3.05) is 0 Å². The molecule has 79 valence electrons. The van der Waals surface area contributed by atoms with E-state index in [-0.39, 0.29) is 0 Å². The predicted octanol–water partition coefficient (Wildman–Crippen LogP) is 2.14.